The number of nitrogens with one attached hydrogen (secondary N) is 2. The minimum Gasteiger partial charge on any atom is -0.351 e. The number of aromatic nitrogens is 2. The molecule has 7 nitrogen and oxygen atoms in total. The summed E-state index contributed by atoms with van der Waals surface area (Å²) < 4.78 is 0. The normalized spacial score (nSPS) is 9.95. The van der Waals surface area contributed by atoms with Crippen molar-refractivity contribution in [2.75, 3.05) is 18.4 Å². The van der Waals surface area contributed by atoms with Gasteiger partial charge in [0.25, 0.3) is 11.8 Å². The molecule has 0 saturated carbocycles. The van der Waals surface area contributed by atoms with Crippen LogP contribution in [0.5, 0.6) is 0 Å². The number of hydrogen-bond donors (Lipinski definition) is 3. The first kappa shape index (κ1) is 14.6. The van der Waals surface area contributed by atoms with Crippen LogP contribution in [-0.2, 0) is 0 Å². The molecule has 0 aliphatic heterocycles. The van der Waals surface area contributed by atoms with E-state index >= 15 is 0 Å². The Morgan fingerprint density at radius 1 is 1.10 bits per heavy atom. The topological polar surface area (TPSA) is 110 Å². The van der Waals surface area contributed by atoms with Gasteiger partial charge in [-0.25, -0.2) is 0 Å². The summed E-state index contributed by atoms with van der Waals surface area (Å²) in [6.07, 6.45) is 2.78. The number of nitrogens with zero attached hydrogens (tertiary/aromatic N) is 2. The molecule has 0 saturated heterocycles. The summed E-state index contributed by atoms with van der Waals surface area (Å²) in [4.78, 5) is 24.1. The Labute approximate surface area is 121 Å². The Hall–Kier alpha value is -2.80. The van der Waals surface area contributed by atoms with Gasteiger partial charge in [-0.05, 0) is 18.2 Å². The van der Waals surface area contributed by atoms with E-state index in [1.54, 1.807) is 30.3 Å². The van der Waals surface area contributed by atoms with Gasteiger partial charge in [0.15, 0.2) is 0 Å². The van der Waals surface area contributed by atoms with Gasteiger partial charge < -0.3 is 16.4 Å². The van der Waals surface area contributed by atoms with Crippen LogP contribution in [0.25, 0.3) is 0 Å². The molecule has 0 unspecified atom stereocenters. The number of amides is 2. The van der Waals surface area contributed by atoms with Crippen LogP contribution in [0.15, 0.2) is 42.7 Å². The summed E-state index contributed by atoms with van der Waals surface area (Å²) in [7, 11) is 0. The fourth-order valence-electron chi connectivity index (χ4n) is 1.69. The minimum absolute atomic E-state index is 0.288. The molecule has 0 radical (unpaired) electrons. The molecule has 0 fully saturated rings. The molecule has 0 aliphatic rings. The van der Waals surface area contributed by atoms with Crippen LogP contribution in [0, 0.1) is 0 Å². The van der Waals surface area contributed by atoms with E-state index in [2.05, 4.69) is 20.8 Å². The van der Waals surface area contributed by atoms with Crippen LogP contribution in [-0.4, -0.2) is 35.1 Å². The minimum atomic E-state index is -0.357. The highest BCUT2D eigenvalue weighted by molar-refractivity contribution is 6.08. The van der Waals surface area contributed by atoms with Crippen molar-refractivity contribution >= 4 is 17.5 Å². The summed E-state index contributed by atoms with van der Waals surface area (Å²) in [5.41, 5.74) is 6.52. The van der Waals surface area contributed by atoms with Crippen molar-refractivity contribution < 1.29 is 9.59 Å². The van der Waals surface area contributed by atoms with Gasteiger partial charge in [0.1, 0.15) is 0 Å². The van der Waals surface area contributed by atoms with Crippen molar-refractivity contribution in [2.24, 2.45) is 5.73 Å². The van der Waals surface area contributed by atoms with Gasteiger partial charge in [-0.3, -0.25) is 9.59 Å². The lowest BCUT2D eigenvalue weighted by molar-refractivity contribution is 0.0955. The third kappa shape index (κ3) is 3.83. The second kappa shape index (κ2) is 7.11. The lowest BCUT2D eigenvalue weighted by atomic mass is 10.1. The molecule has 0 aliphatic carbocycles. The van der Waals surface area contributed by atoms with Crippen molar-refractivity contribution in [3.8, 4) is 0 Å². The Balaban J connectivity index is 2.17. The van der Waals surface area contributed by atoms with Crippen LogP contribution in [0.3, 0.4) is 0 Å². The van der Waals surface area contributed by atoms with E-state index in [9.17, 15) is 9.59 Å². The van der Waals surface area contributed by atoms with Crippen molar-refractivity contribution in [3.63, 3.8) is 0 Å². The first-order valence-electron chi connectivity index (χ1n) is 6.37. The van der Waals surface area contributed by atoms with Crippen molar-refractivity contribution in [1.29, 1.82) is 0 Å². The maximum absolute atomic E-state index is 12.1. The average molecular weight is 285 g/mol. The van der Waals surface area contributed by atoms with E-state index < -0.39 is 0 Å². The number of hydrogen-bond acceptors (Lipinski definition) is 5. The van der Waals surface area contributed by atoms with Gasteiger partial charge in [-0.15, -0.1) is 0 Å². The smallest absolute Gasteiger partial charge is 0.257 e. The van der Waals surface area contributed by atoms with Crippen LogP contribution >= 0.6 is 0 Å². The van der Waals surface area contributed by atoms with Gasteiger partial charge in [0, 0.05) is 13.1 Å². The second-order valence-electron chi connectivity index (χ2n) is 4.18. The zero-order valence-corrected chi connectivity index (χ0v) is 11.2. The van der Waals surface area contributed by atoms with Crippen molar-refractivity contribution in [1.82, 2.24) is 15.5 Å². The second-order valence-corrected chi connectivity index (χ2v) is 4.18. The Morgan fingerprint density at radius 2 is 1.90 bits per heavy atom. The van der Waals surface area contributed by atoms with Crippen LogP contribution < -0.4 is 16.4 Å². The zero-order valence-electron chi connectivity index (χ0n) is 11.2. The van der Waals surface area contributed by atoms with Crippen LogP contribution in [0.4, 0.5) is 5.69 Å². The molecule has 2 rings (SSSR count). The number of nitrogens with two attached hydrogens (primary N) is 1. The van der Waals surface area contributed by atoms with E-state index in [0.29, 0.717) is 29.9 Å². The number of benzene rings is 1. The van der Waals surface area contributed by atoms with E-state index in [-0.39, 0.29) is 11.8 Å². The van der Waals surface area contributed by atoms with Crippen molar-refractivity contribution in [2.45, 2.75) is 0 Å². The maximum Gasteiger partial charge on any atom is 0.257 e. The quantitative estimate of drug-likeness (QED) is 0.737. The van der Waals surface area contributed by atoms with Gasteiger partial charge in [-0.1, -0.05) is 12.1 Å². The van der Waals surface area contributed by atoms with E-state index in [4.69, 9.17) is 5.73 Å². The Kier molecular flexibility index (Phi) is 4.94. The molecular weight excluding hydrogens is 270 g/mol. The Bertz CT molecular complexity index is 630. The lowest BCUT2D eigenvalue weighted by Gasteiger charge is -2.10. The molecule has 0 atom stereocenters. The predicted octanol–water partition coefficient (Wildman–Crippen LogP) is 0.417. The molecule has 21 heavy (non-hydrogen) atoms. The van der Waals surface area contributed by atoms with Crippen molar-refractivity contribution in [3.05, 3.63) is 53.9 Å². The standard InChI is InChI=1S/C14H15N5O2/c15-6-8-16-14(21)11-3-1-2-4-12(11)19-13(20)10-5-7-17-18-9-10/h1-5,7,9H,6,8,15H2,(H,16,21)(H,19,20). The van der Waals surface area contributed by atoms with Gasteiger partial charge in [0.05, 0.1) is 29.2 Å². The van der Waals surface area contributed by atoms with E-state index in [1.165, 1.54) is 12.4 Å². The number of rotatable bonds is 5. The SMILES string of the molecule is NCCNC(=O)c1ccccc1NC(=O)c1ccnnc1. The van der Waals surface area contributed by atoms with Gasteiger partial charge in [0.2, 0.25) is 0 Å². The molecule has 2 amide bonds. The largest absolute Gasteiger partial charge is 0.351 e. The third-order valence-electron chi connectivity index (χ3n) is 2.70. The van der Waals surface area contributed by atoms with E-state index in [0.717, 1.165) is 0 Å². The van der Waals surface area contributed by atoms with Crippen LogP contribution in [0.1, 0.15) is 20.7 Å². The zero-order chi connectivity index (χ0) is 15.1. The number of anilines is 1. The molecular formula is C14H15N5O2. The molecule has 2 aromatic rings. The highest BCUT2D eigenvalue weighted by atomic mass is 16.2. The maximum atomic E-state index is 12.1. The summed E-state index contributed by atoms with van der Waals surface area (Å²) in [6.45, 7) is 0.721. The number of carbonyl (C=O) groups excluding carboxylic acids is 2. The predicted molar refractivity (Wildman–Crippen MR) is 77.8 cm³/mol. The van der Waals surface area contributed by atoms with Gasteiger partial charge in [-0.2, -0.15) is 10.2 Å². The first-order valence-corrected chi connectivity index (χ1v) is 6.37. The average Bonchev–Trinajstić information content (AvgIpc) is 2.54. The molecule has 4 N–H and O–H groups in total. The summed E-state index contributed by atoms with van der Waals surface area (Å²) in [5.74, 6) is -0.645. The van der Waals surface area contributed by atoms with Gasteiger partial charge >= 0.3 is 0 Å². The molecule has 1 heterocycles. The molecule has 1 aromatic heterocycles. The molecule has 0 spiro atoms. The highest BCUT2D eigenvalue weighted by Gasteiger charge is 2.13. The van der Waals surface area contributed by atoms with E-state index in [1.807, 2.05) is 0 Å². The molecule has 7 heteroatoms. The molecule has 108 valence electrons. The lowest BCUT2D eigenvalue weighted by Crippen LogP contribution is -2.30. The molecule has 0 bridgehead atoms. The summed E-state index contributed by atoms with van der Waals surface area (Å²) >= 11 is 0. The summed E-state index contributed by atoms with van der Waals surface area (Å²) in [5, 5.41) is 12.6. The Morgan fingerprint density at radius 3 is 2.62 bits per heavy atom. The molecule has 1 aromatic carbocycles. The number of carbonyl (C=O) groups is 2. The summed E-state index contributed by atoms with van der Waals surface area (Å²) in [6, 6.07) is 8.29. The monoisotopic (exact) mass is 285 g/mol. The first-order chi connectivity index (χ1) is 10.2. The fourth-order valence-corrected chi connectivity index (χ4v) is 1.69. The fraction of sp³-hybridized carbons (Fsp3) is 0.143. The highest BCUT2D eigenvalue weighted by Crippen LogP contribution is 2.15. The van der Waals surface area contributed by atoms with Crippen LogP contribution in [0.2, 0.25) is 0 Å². The number of para-hydroxylation sites is 1. The third-order valence-corrected chi connectivity index (χ3v) is 2.70.